The van der Waals surface area contributed by atoms with Crippen LogP contribution >= 0.6 is 0 Å². The number of nitrogens with zero attached hydrogens (tertiary/aromatic N) is 1. The molecule has 0 aliphatic rings. The standard InChI is InChI=1S/C16H28N2/c1-4-12-18(6-3)13-11-17-14-16-10-8-7-9-15(16)5-2/h7-10,17H,4-6,11-14H2,1-3H3. The Hall–Kier alpha value is -0.860. The van der Waals surface area contributed by atoms with Gasteiger partial charge in [-0.3, -0.25) is 0 Å². The van der Waals surface area contributed by atoms with Crippen molar-refractivity contribution in [2.75, 3.05) is 26.2 Å². The first-order chi connectivity index (χ1) is 8.81. The van der Waals surface area contributed by atoms with Gasteiger partial charge >= 0.3 is 0 Å². The van der Waals surface area contributed by atoms with Crippen LogP contribution in [-0.2, 0) is 13.0 Å². The van der Waals surface area contributed by atoms with E-state index in [1.54, 1.807) is 0 Å². The van der Waals surface area contributed by atoms with E-state index in [4.69, 9.17) is 0 Å². The lowest BCUT2D eigenvalue weighted by atomic mass is 10.1. The van der Waals surface area contributed by atoms with Gasteiger partial charge in [0.2, 0.25) is 0 Å². The fourth-order valence-electron chi connectivity index (χ4n) is 2.28. The molecule has 0 unspecified atom stereocenters. The van der Waals surface area contributed by atoms with Crippen LogP contribution in [0.5, 0.6) is 0 Å². The van der Waals surface area contributed by atoms with Gasteiger partial charge in [-0.25, -0.2) is 0 Å². The van der Waals surface area contributed by atoms with E-state index >= 15 is 0 Å². The minimum Gasteiger partial charge on any atom is -0.311 e. The summed E-state index contributed by atoms with van der Waals surface area (Å²) in [5.41, 5.74) is 2.91. The molecule has 0 fully saturated rings. The number of hydrogen-bond acceptors (Lipinski definition) is 2. The smallest absolute Gasteiger partial charge is 0.0208 e. The van der Waals surface area contributed by atoms with E-state index in [0.29, 0.717) is 0 Å². The lowest BCUT2D eigenvalue weighted by Gasteiger charge is -2.19. The molecular formula is C16H28N2. The van der Waals surface area contributed by atoms with Gasteiger partial charge in [0.1, 0.15) is 0 Å². The molecule has 1 aromatic rings. The summed E-state index contributed by atoms with van der Waals surface area (Å²) in [5.74, 6) is 0. The molecule has 0 aliphatic carbocycles. The van der Waals surface area contributed by atoms with Crippen LogP contribution in [0.4, 0.5) is 0 Å². The summed E-state index contributed by atoms with van der Waals surface area (Å²) in [6, 6.07) is 8.72. The highest BCUT2D eigenvalue weighted by atomic mass is 15.1. The number of nitrogens with one attached hydrogen (secondary N) is 1. The highest BCUT2D eigenvalue weighted by Crippen LogP contribution is 2.08. The first-order valence-electron chi connectivity index (χ1n) is 7.31. The molecule has 2 heteroatoms. The van der Waals surface area contributed by atoms with Gasteiger partial charge in [0, 0.05) is 19.6 Å². The number of aryl methyl sites for hydroxylation is 1. The maximum absolute atomic E-state index is 3.56. The average Bonchev–Trinajstić information content (AvgIpc) is 2.42. The Balaban J connectivity index is 2.28. The van der Waals surface area contributed by atoms with Crippen molar-refractivity contribution in [1.82, 2.24) is 10.2 Å². The Kier molecular flexibility index (Phi) is 7.70. The predicted molar refractivity (Wildman–Crippen MR) is 79.9 cm³/mol. The van der Waals surface area contributed by atoms with Gasteiger partial charge in [-0.2, -0.15) is 0 Å². The van der Waals surface area contributed by atoms with Crippen LogP contribution < -0.4 is 5.32 Å². The highest BCUT2D eigenvalue weighted by molar-refractivity contribution is 5.26. The van der Waals surface area contributed by atoms with Crippen LogP contribution in [0.1, 0.15) is 38.3 Å². The van der Waals surface area contributed by atoms with Gasteiger partial charge < -0.3 is 10.2 Å². The molecule has 0 radical (unpaired) electrons. The second-order valence-electron chi connectivity index (χ2n) is 4.73. The van der Waals surface area contributed by atoms with Gasteiger partial charge in [-0.1, -0.05) is 45.0 Å². The maximum Gasteiger partial charge on any atom is 0.0208 e. The molecule has 0 saturated heterocycles. The first kappa shape index (κ1) is 15.2. The highest BCUT2D eigenvalue weighted by Gasteiger charge is 2.01. The lowest BCUT2D eigenvalue weighted by molar-refractivity contribution is 0.287. The molecule has 0 heterocycles. The molecule has 0 aliphatic heterocycles. The van der Waals surface area contributed by atoms with Crippen molar-refractivity contribution in [2.24, 2.45) is 0 Å². The van der Waals surface area contributed by atoms with Crippen LogP contribution in [0.25, 0.3) is 0 Å². The fraction of sp³-hybridized carbons (Fsp3) is 0.625. The number of benzene rings is 1. The second-order valence-corrected chi connectivity index (χ2v) is 4.73. The van der Waals surface area contributed by atoms with Crippen molar-refractivity contribution in [3.63, 3.8) is 0 Å². The number of rotatable bonds is 9. The summed E-state index contributed by atoms with van der Waals surface area (Å²) in [6.07, 6.45) is 2.36. The molecule has 2 nitrogen and oxygen atoms in total. The number of likely N-dealkylation sites (N-methyl/N-ethyl adjacent to an activating group) is 1. The van der Waals surface area contributed by atoms with E-state index in [-0.39, 0.29) is 0 Å². The van der Waals surface area contributed by atoms with Crippen molar-refractivity contribution < 1.29 is 0 Å². The van der Waals surface area contributed by atoms with Gasteiger partial charge in [0.15, 0.2) is 0 Å². The van der Waals surface area contributed by atoms with Crippen molar-refractivity contribution in [3.05, 3.63) is 35.4 Å². The Morgan fingerprint density at radius 1 is 1.00 bits per heavy atom. The van der Waals surface area contributed by atoms with E-state index in [9.17, 15) is 0 Å². The van der Waals surface area contributed by atoms with E-state index < -0.39 is 0 Å². The van der Waals surface area contributed by atoms with Gasteiger partial charge in [-0.05, 0) is 37.1 Å². The largest absolute Gasteiger partial charge is 0.311 e. The van der Waals surface area contributed by atoms with Crippen LogP contribution in [0, 0.1) is 0 Å². The summed E-state index contributed by atoms with van der Waals surface area (Å²) in [6.45, 7) is 12.3. The lowest BCUT2D eigenvalue weighted by Crippen LogP contribution is -2.32. The summed E-state index contributed by atoms with van der Waals surface area (Å²) in [5, 5.41) is 3.56. The minimum absolute atomic E-state index is 0.994. The van der Waals surface area contributed by atoms with Crippen molar-refractivity contribution in [2.45, 2.75) is 40.2 Å². The molecule has 0 spiro atoms. The molecule has 0 amide bonds. The molecule has 0 aromatic heterocycles. The molecule has 18 heavy (non-hydrogen) atoms. The zero-order chi connectivity index (χ0) is 13.2. The van der Waals surface area contributed by atoms with E-state index in [0.717, 1.165) is 32.6 Å². The van der Waals surface area contributed by atoms with Crippen molar-refractivity contribution in [1.29, 1.82) is 0 Å². The second kappa shape index (κ2) is 9.12. The zero-order valence-corrected chi connectivity index (χ0v) is 12.2. The molecule has 0 saturated carbocycles. The van der Waals surface area contributed by atoms with Gasteiger partial charge in [0.25, 0.3) is 0 Å². The third-order valence-corrected chi connectivity index (χ3v) is 3.41. The number of hydrogen-bond donors (Lipinski definition) is 1. The maximum atomic E-state index is 3.56. The third kappa shape index (κ3) is 5.19. The Morgan fingerprint density at radius 2 is 1.72 bits per heavy atom. The predicted octanol–water partition coefficient (Wildman–Crippen LogP) is 3.07. The quantitative estimate of drug-likeness (QED) is 0.676. The van der Waals surface area contributed by atoms with E-state index in [1.165, 1.54) is 24.1 Å². The average molecular weight is 248 g/mol. The molecule has 0 atom stereocenters. The molecule has 1 rings (SSSR count). The van der Waals surface area contributed by atoms with Crippen LogP contribution in [0.2, 0.25) is 0 Å². The molecule has 1 aromatic carbocycles. The van der Waals surface area contributed by atoms with E-state index in [1.807, 2.05) is 0 Å². The minimum atomic E-state index is 0.994. The molecular weight excluding hydrogens is 220 g/mol. The topological polar surface area (TPSA) is 15.3 Å². The van der Waals surface area contributed by atoms with Crippen LogP contribution in [-0.4, -0.2) is 31.1 Å². The zero-order valence-electron chi connectivity index (χ0n) is 12.2. The van der Waals surface area contributed by atoms with Crippen molar-refractivity contribution in [3.8, 4) is 0 Å². The molecule has 1 N–H and O–H groups in total. The summed E-state index contributed by atoms with van der Waals surface area (Å²) >= 11 is 0. The monoisotopic (exact) mass is 248 g/mol. The van der Waals surface area contributed by atoms with E-state index in [2.05, 4.69) is 55.3 Å². The Bertz CT molecular complexity index is 323. The normalized spacial score (nSPS) is 11.1. The molecule has 0 bridgehead atoms. The Labute approximate surface area is 112 Å². The van der Waals surface area contributed by atoms with Gasteiger partial charge in [0.05, 0.1) is 0 Å². The SMILES string of the molecule is CCCN(CC)CCNCc1ccccc1CC. The third-order valence-electron chi connectivity index (χ3n) is 3.41. The molecule has 102 valence electrons. The fourth-order valence-corrected chi connectivity index (χ4v) is 2.28. The summed E-state index contributed by atoms with van der Waals surface area (Å²) in [7, 11) is 0. The van der Waals surface area contributed by atoms with Crippen LogP contribution in [0.3, 0.4) is 0 Å². The van der Waals surface area contributed by atoms with Gasteiger partial charge in [-0.15, -0.1) is 0 Å². The summed E-state index contributed by atoms with van der Waals surface area (Å²) < 4.78 is 0. The summed E-state index contributed by atoms with van der Waals surface area (Å²) in [4.78, 5) is 2.50. The van der Waals surface area contributed by atoms with Crippen molar-refractivity contribution >= 4 is 0 Å². The van der Waals surface area contributed by atoms with Crippen LogP contribution in [0.15, 0.2) is 24.3 Å². The first-order valence-corrected chi connectivity index (χ1v) is 7.31. The Morgan fingerprint density at radius 3 is 2.33 bits per heavy atom.